The number of aldehydes is 1. The summed E-state index contributed by atoms with van der Waals surface area (Å²) >= 11 is 16.9. The molecule has 0 saturated heterocycles. The van der Waals surface area contributed by atoms with Gasteiger partial charge in [-0.05, 0) is 11.6 Å². The smallest absolute Gasteiger partial charge is 0.225 e. The van der Waals surface area contributed by atoms with Crippen LogP contribution in [0.4, 0.5) is 0 Å². The zero-order valence-electron chi connectivity index (χ0n) is 6.59. The van der Waals surface area contributed by atoms with Gasteiger partial charge in [0.05, 0.1) is 0 Å². The lowest BCUT2D eigenvalue weighted by Crippen LogP contribution is -2.00. The van der Waals surface area contributed by atoms with Crippen molar-refractivity contribution in [2.45, 2.75) is 12.8 Å². The molecule has 0 spiro atoms. The van der Waals surface area contributed by atoms with Gasteiger partial charge in [-0.3, -0.25) is 0 Å². The number of rotatable bonds is 2. The van der Waals surface area contributed by atoms with E-state index in [0.717, 1.165) is 0 Å². The summed E-state index contributed by atoms with van der Waals surface area (Å²) in [6.45, 7) is 1.65. The Morgan fingerprint density at radius 1 is 1.23 bits per heavy atom. The first-order valence-electron chi connectivity index (χ1n) is 3.40. The van der Waals surface area contributed by atoms with E-state index in [1.165, 1.54) is 0 Å². The highest BCUT2D eigenvalue weighted by Crippen LogP contribution is 2.28. The standard InChI is InChI=1S/C7H5Cl3N2O/c1-3(2-13)4-5(8)11-7(10)12-6(4)9/h2-3H,1H3. The van der Waals surface area contributed by atoms with E-state index >= 15 is 0 Å². The zero-order chi connectivity index (χ0) is 10.0. The third kappa shape index (κ3) is 2.30. The monoisotopic (exact) mass is 238 g/mol. The number of halogens is 3. The van der Waals surface area contributed by atoms with Crippen LogP contribution in [0.25, 0.3) is 0 Å². The lowest BCUT2D eigenvalue weighted by Gasteiger charge is -2.07. The maximum atomic E-state index is 10.5. The Hall–Kier alpha value is -0.380. The number of nitrogens with zero attached hydrogens (tertiary/aromatic N) is 2. The van der Waals surface area contributed by atoms with Gasteiger partial charge in [-0.15, -0.1) is 0 Å². The fourth-order valence-corrected chi connectivity index (χ4v) is 1.82. The van der Waals surface area contributed by atoms with E-state index in [0.29, 0.717) is 11.8 Å². The van der Waals surface area contributed by atoms with Crippen LogP contribution in [0, 0.1) is 0 Å². The Bertz CT molecular complexity index is 320. The molecule has 70 valence electrons. The van der Waals surface area contributed by atoms with Crippen LogP contribution < -0.4 is 0 Å². The topological polar surface area (TPSA) is 42.9 Å². The van der Waals surface area contributed by atoms with Gasteiger partial charge in [0, 0.05) is 11.5 Å². The van der Waals surface area contributed by atoms with Crippen molar-refractivity contribution in [1.82, 2.24) is 9.97 Å². The molecule has 1 heterocycles. The van der Waals surface area contributed by atoms with Crippen LogP contribution in [-0.4, -0.2) is 16.3 Å². The average molecular weight is 239 g/mol. The first-order chi connectivity index (χ1) is 6.06. The van der Waals surface area contributed by atoms with E-state index in [-0.39, 0.29) is 15.6 Å². The minimum atomic E-state index is -0.433. The number of carbonyl (C=O) groups excluding carboxylic acids is 1. The van der Waals surface area contributed by atoms with Crippen LogP contribution in [0.2, 0.25) is 15.6 Å². The summed E-state index contributed by atoms with van der Waals surface area (Å²) in [4.78, 5) is 17.8. The Morgan fingerprint density at radius 3 is 2.08 bits per heavy atom. The summed E-state index contributed by atoms with van der Waals surface area (Å²) in [5.41, 5.74) is 0.405. The summed E-state index contributed by atoms with van der Waals surface area (Å²) in [6, 6.07) is 0. The highest BCUT2D eigenvalue weighted by molar-refractivity contribution is 6.36. The van der Waals surface area contributed by atoms with Crippen LogP contribution in [0.3, 0.4) is 0 Å². The number of aromatic nitrogens is 2. The predicted octanol–water partition coefficient (Wildman–Crippen LogP) is 2.74. The molecule has 0 aliphatic heterocycles. The molecule has 0 amide bonds. The maximum absolute atomic E-state index is 10.5. The normalized spacial score (nSPS) is 12.6. The fourth-order valence-electron chi connectivity index (χ4n) is 0.836. The van der Waals surface area contributed by atoms with Crippen molar-refractivity contribution in [3.8, 4) is 0 Å². The molecule has 1 aromatic rings. The van der Waals surface area contributed by atoms with Crippen LogP contribution in [0.1, 0.15) is 18.4 Å². The Kier molecular flexibility index (Phi) is 3.47. The third-order valence-electron chi connectivity index (χ3n) is 1.48. The second-order valence-electron chi connectivity index (χ2n) is 2.41. The van der Waals surface area contributed by atoms with Gasteiger partial charge >= 0.3 is 0 Å². The molecule has 1 unspecified atom stereocenters. The molecule has 1 aromatic heterocycles. The van der Waals surface area contributed by atoms with Crippen molar-refractivity contribution in [1.29, 1.82) is 0 Å². The molecule has 6 heteroatoms. The van der Waals surface area contributed by atoms with E-state index in [4.69, 9.17) is 34.8 Å². The molecule has 1 atom stereocenters. The molecule has 0 aliphatic carbocycles. The van der Waals surface area contributed by atoms with Crippen molar-refractivity contribution in [2.24, 2.45) is 0 Å². The number of carbonyl (C=O) groups is 1. The lowest BCUT2D eigenvalue weighted by molar-refractivity contribution is -0.108. The largest absolute Gasteiger partial charge is 0.303 e. The van der Waals surface area contributed by atoms with E-state index in [1.54, 1.807) is 6.92 Å². The van der Waals surface area contributed by atoms with Gasteiger partial charge in [-0.2, -0.15) is 0 Å². The van der Waals surface area contributed by atoms with Gasteiger partial charge < -0.3 is 4.79 Å². The predicted molar refractivity (Wildman–Crippen MR) is 51.5 cm³/mol. The first kappa shape index (κ1) is 10.7. The van der Waals surface area contributed by atoms with Crippen LogP contribution in [0.5, 0.6) is 0 Å². The van der Waals surface area contributed by atoms with Crippen LogP contribution in [0.15, 0.2) is 0 Å². The molecular weight excluding hydrogens is 234 g/mol. The fraction of sp³-hybridized carbons (Fsp3) is 0.286. The van der Waals surface area contributed by atoms with Gasteiger partial charge in [0.25, 0.3) is 0 Å². The summed E-state index contributed by atoms with van der Waals surface area (Å²) < 4.78 is 0. The van der Waals surface area contributed by atoms with Gasteiger partial charge in [0.15, 0.2) is 0 Å². The van der Waals surface area contributed by atoms with Crippen molar-refractivity contribution < 1.29 is 4.79 Å². The van der Waals surface area contributed by atoms with Crippen LogP contribution >= 0.6 is 34.8 Å². The number of hydrogen-bond donors (Lipinski definition) is 0. The summed E-state index contributed by atoms with van der Waals surface area (Å²) in [7, 11) is 0. The number of hydrogen-bond acceptors (Lipinski definition) is 3. The Labute approximate surface area is 90.0 Å². The molecule has 3 nitrogen and oxygen atoms in total. The molecule has 0 saturated carbocycles. The van der Waals surface area contributed by atoms with Crippen molar-refractivity contribution >= 4 is 41.1 Å². The molecule has 0 bridgehead atoms. The van der Waals surface area contributed by atoms with Gasteiger partial charge in [-0.1, -0.05) is 30.1 Å². The molecule has 1 rings (SSSR count). The summed E-state index contributed by atoms with van der Waals surface area (Å²) in [5.74, 6) is -0.433. The minimum absolute atomic E-state index is 0.0307. The van der Waals surface area contributed by atoms with Crippen molar-refractivity contribution in [3.05, 3.63) is 21.2 Å². The second-order valence-corrected chi connectivity index (χ2v) is 3.47. The Morgan fingerprint density at radius 2 is 1.69 bits per heavy atom. The molecule has 0 radical (unpaired) electrons. The van der Waals surface area contributed by atoms with Crippen molar-refractivity contribution in [2.75, 3.05) is 0 Å². The highest BCUT2D eigenvalue weighted by atomic mass is 35.5. The molecule has 13 heavy (non-hydrogen) atoms. The second kappa shape index (κ2) is 4.22. The molecular formula is C7H5Cl3N2O. The summed E-state index contributed by atoms with van der Waals surface area (Å²) in [6.07, 6.45) is 0.713. The molecule has 0 fully saturated rings. The highest BCUT2D eigenvalue weighted by Gasteiger charge is 2.16. The van der Waals surface area contributed by atoms with E-state index < -0.39 is 5.92 Å². The molecule has 0 N–H and O–H groups in total. The first-order valence-corrected chi connectivity index (χ1v) is 4.53. The SMILES string of the molecule is CC(C=O)c1c(Cl)nc(Cl)nc1Cl. The average Bonchev–Trinajstić information content (AvgIpc) is 2.02. The third-order valence-corrected chi connectivity index (χ3v) is 2.23. The maximum Gasteiger partial charge on any atom is 0.225 e. The van der Waals surface area contributed by atoms with Crippen molar-refractivity contribution in [3.63, 3.8) is 0 Å². The van der Waals surface area contributed by atoms with Gasteiger partial charge in [-0.25, -0.2) is 9.97 Å². The molecule has 0 aromatic carbocycles. The zero-order valence-corrected chi connectivity index (χ0v) is 8.86. The van der Waals surface area contributed by atoms with E-state index in [2.05, 4.69) is 9.97 Å². The Balaban J connectivity index is 3.28. The van der Waals surface area contributed by atoms with E-state index in [1.807, 2.05) is 0 Å². The lowest BCUT2D eigenvalue weighted by atomic mass is 10.1. The quantitative estimate of drug-likeness (QED) is 0.453. The van der Waals surface area contributed by atoms with E-state index in [9.17, 15) is 4.79 Å². The van der Waals surface area contributed by atoms with Crippen LogP contribution in [-0.2, 0) is 4.79 Å². The van der Waals surface area contributed by atoms with Gasteiger partial charge in [0.1, 0.15) is 16.6 Å². The molecule has 0 aliphatic rings. The van der Waals surface area contributed by atoms with Gasteiger partial charge in [0.2, 0.25) is 5.28 Å². The summed E-state index contributed by atoms with van der Waals surface area (Å²) in [5, 5.41) is 0.200. The minimum Gasteiger partial charge on any atom is -0.303 e.